The van der Waals surface area contributed by atoms with E-state index in [-0.39, 0.29) is 30.3 Å². The minimum absolute atomic E-state index is 0.148. The van der Waals surface area contributed by atoms with Crippen LogP contribution in [0.3, 0.4) is 0 Å². The molecule has 0 radical (unpaired) electrons. The van der Waals surface area contributed by atoms with Gasteiger partial charge in [-0.2, -0.15) is 0 Å². The van der Waals surface area contributed by atoms with E-state index in [1.807, 2.05) is 61.5 Å². The lowest BCUT2D eigenvalue weighted by atomic mass is 9.76. The maximum absolute atomic E-state index is 13.7. The molecule has 2 saturated heterocycles. The van der Waals surface area contributed by atoms with Crippen molar-refractivity contribution >= 4 is 39.3 Å². The highest BCUT2D eigenvalue weighted by Crippen LogP contribution is 2.54. The second kappa shape index (κ2) is 7.03. The molecule has 2 aromatic carbocycles. The van der Waals surface area contributed by atoms with Crippen LogP contribution >= 0.6 is 15.9 Å². The SMILES string of the molecule is C[C@@H]1N[C@]2(C(=O)N(CCBr)c3ccccc32)[C@H]2C(=O)N(Cc3ccccc3)C(=O)[C@H]12. The number of rotatable bonds is 4. The summed E-state index contributed by atoms with van der Waals surface area (Å²) in [6.07, 6.45) is 0. The minimum atomic E-state index is -1.19. The summed E-state index contributed by atoms with van der Waals surface area (Å²) >= 11 is 3.43. The van der Waals surface area contributed by atoms with Gasteiger partial charge < -0.3 is 4.90 Å². The summed E-state index contributed by atoms with van der Waals surface area (Å²) in [5.74, 6) is -1.91. The number of halogens is 1. The van der Waals surface area contributed by atoms with Crippen LogP contribution in [-0.2, 0) is 26.5 Å². The first-order chi connectivity index (χ1) is 14.5. The number of fused-ring (bicyclic) bond motifs is 4. The quantitative estimate of drug-likeness (QED) is 0.553. The van der Waals surface area contributed by atoms with Gasteiger partial charge in [-0.25, -0.2) is 0 Å². The standard InChI is InChI=1S/C23H22BrN3O3/c1-14-18-19(21(29)27(20(18)28)13-15-7-3-2-4-8-15)23(25-14)16-9-5-6-10-17(16)26(12-11-24)22(23)30/h2-10,14,18-19,25H,11-13H2,1H3/t14-,18+,19+,23-/m0/s1. The number of hydrogen-bond donors (Lipinski definition) is 1. The Labute approximate surface area is 183 Å². The molecule has 5 rings (SSSR count). The molecular formula is C23H22BrN3O3. The predicted molar refractivity (Wildman–Crippen MR) is 116 cm³/mol. The third-order valence-corrected chi connectivity index (χ3v) is 6.95. The molecule has 0 bridgehead atoms. The highest BCUT2D eigenvalue weighted by atomic mass is 79.9. The van der Waals surface area contributed by atoms with Crippen LogP contribution in [0.4, 0.5) is 5.69 Å². The van der Waals surface area contributed by atoms with E-state index in [0.717, 1.165) is 16.8 Å². The summed E-state index contributed by atoms with van der Waals surface area (Å²) in [6.45, 7) is 2.63. The molecule has 3 aliphatic heterocycles. The third-order valence-electron chi connectivity index (χ3n) is 6.60. The van der Waals surface area contributed by atoms with Gasteiger partial charge in [0.15, 0.2) is 0 Å². The van der Waals surface area contributed by atoms with Crippen LogP contribution in [0.25, 0.3) is 0 Å². The number of para-hydroxylation sites is 1. The molecule has 30 heavy (non-hydrogen) atoms. The number of imide groups is 1. The van der Waals surface area contributed by atoms with Crippen molar-refractivity contribution in [2.75, 3.05) is 16.8 Å². The molecule has 0 saturated carbocycles. The number of hydrogen-bond acceptors (Lipinski definition) is 4. The molecule has 3 amide bonds. The Morgan fingerprint density at radius 2 is 1.67 bits per heavy atom. The number of nitrogens with zero attached hydrogens (tertiary/aromatic N) is 2. The zero-order valence-corrected chi connectivity index (χ0v) is 18.1. The Morgan fingerprint density at radius 1 is 0.967 bits per heavy atom. The molecule has 1 N–H and O–H groups in total. The molecule has 2 aromatic rings. The zero-order valence-electron chi connectivity index (χ0n) is 16.5. The van der Waals surface area contributed by atoms with Gasteiger partial charge in [-0.05, 0) is 18.6 Å². The lowest BCUT2D eigenvalue weighted by Gasteiger charge is -2.30. The average Bonchev–Trinajstić information content (AvgIpc) is 3.29. The second-order valence-corrected chi connectivity index (χ2v) is 8.95. The predicted octanol–water partition coefficient (Wildman–Crippen LogP) is 2.42. The largest absolute Gasteiger partial charge is 0.309 e. The van der Waals surface area contributed by atoms with Gasteiger partial charge in [0, 0.05) is 29.2 Å². The fourth-order valence-electron chi connectivity index (χ4n) is 5.40. The van der Waals surface area contributed by atoms with Crippen LogP contribution in [0.5, 0.6) is 0 Å². The van der Waals surface area contributed by atoms with E-state index in [1.165, 1.54) is 4.90 Å². The Bertz CT molecular complexity index is 1040. The Morgan fingerprint density at radius 3 is 2.40 bits per heavy atom. The molecule has 2 fully saturated rings. The molecule has 3 aliphatic rings. The average molecular weight is 468 g/mol. The van der Waals surface area contributed by atoms with Gasteiger partial charge in [-0.1, -0.05) is 64.5 Å². The number of likely N-dealkylation sites (tertiary alicyclic amines) is 1. The number of anilines is 1. The van der Waals surface area contributed by atoms with E-state index in [4.69, 9.17) is 0 Å². The van der Waals surface area contributed by atoms with Crippen molar-refractivity contribution in [2.24, 2.45) is 11.8 Å². The summed E-state index contributed by atoms with van der Waals surface area (Å²) in [5, 5.41) is 4.02. The van der Waals surface area contributed by atoms with E-state index in [9.17, 15) is 14.4 Å². The molecule has 0 unspecified atom stereocenters. The Balaban J connectivity index is 1.60. The van der Waals surface area contributed by atoms with E-state index in [1.54, 1.807) is 4.90 Å². The van der Waals surface area contributed by atoms with Crippen LogP contribution in [-0.4, -0.2) is 40.5 Å². The van der Waals surface area contributed by atoms with Gasteiger partial charge in [0.25, 0.3) is 5.91 Å². The minimum Gasteiger partial charge on any atom is -0.309 e. The van der Waals surface area contributed by atoms with Crippen molar-refractivity contribution in [3.05, 3.63) is 65.7 Å². The number of alkyl halides is 1. The number of nitrogens with one attached hydrogen (secondary N) is 1. The maximum Gasteiger partial charge on any atom is 0.252 e. The van der Waals surface area contributed by atoms with Gasteiger partial charge in [0.1, 0.15) is 5.54 Å². The molecule has 1 spiro atoms. The van der Waals surface area contributed by atoms with Gasteiger partial charge in [0.05, 0.1) is 18.4 Å². The fourth-order valence-corrected chi connectivity index (χ4v) is 5.75. The van der Waals surface area contributed by atoms with E-state index >= 15 is 0 Å². The first-order valence-electron chi connectivity index (χ1n) is 10.1. The summed E-state index contributed by atoms with van der Waals surface area (Å²) in [5.41, 5.74) is 1.30. The van der Waals surface area contributed by atoms with Crippen LogP contribution in [0.15, 0.2) is 54.6 Å². The van der Waals surface area contributed by atoms with Crippen molar-refractivity contribution in [1.82, 2.24) is 10.2 Å². The summed E-state index contributed by atoms with van der Waals surface area (Å²) in [4.78, 5) is 43.7. The maximum atomic E-state index is 13.7. The molecule has 4 atom stereocenters. The zero-order chi connectivity index (χ0) is 21.0. The Hall–Kier alpha value is -2.51. The summed E-state index contributed by atoms with van der Waals surface area (Å²) < 4.78 is 0. The normalized spacial score (nSPS) is 29.8. The van der Waals surface area contributed by atoms with E-state index < -0.39 is 17.4 Å². The van der Waals surface area contributed by atoms with Gasteiger partial charge in [0.2, 0.25) is 11.8 Å². The number of amides is 3. The molecule has 7 heteroatoms. The van der Waals surface area contributed by atoms with Gasteiger partial charge in [-0.15, -0.1) is 0 Å². The van der Waals surface area contributed by atoms with Crippen LogP contribution in [0.1, 0.15) is 18.1 Å². The summed E-state index contributed by atoms with van der Waals surface area (Å²) in [6, 6.07) is 16.8. The molecule has 0 aromatic heterocycles. The van der Waals surface area contributed by atoms with Gasteiger partial charge in [-0.3, -0.25) is 24.6 Å². The molecule has 3 heterocycles. The molecule has 0 aliphatic carbocycles. The Kier molecular flexibility index (Phi) is 4.56. The lowest BCUT2D eigenvalue weighted by Crippen LogP contribution is -2.55. The summed E-state index contributed by atoms with van der Waals surface area (Å²) in [7, 11) is 0. The molecule has 154 valence electrons. The molecular weight excluding hydrogens is 446 g/mol. The van der Waals surface area contributed by atoms with Crippen LogP contribution < -0.4 is 10.2 Å². The van der Waals surface area contributed by atoms with Crippen molar-refractivity contribution in [1.29, 1.82) is 0 Å². The smallest absolute Gasteiger partial charge is 0.252 e. The van der Waals surface area contributed by atoms with Crippen molar-refractivity contribution in [2.45, 2.75) is 25.0 Å². The molecule has 6 nitrogen and oxygen atoms in total. The number of carbonyl (C=O) groups excluding carboxylic acids is 3. The topological polar surface area (TPSA) is 69.7 Å². The fraction of sp³-hybridized carbons (Fsp3) is 0.348. The van der Waals surface area contributed by atoms with Crippen LogP contribution in [0, 0.1) is 11.8 Å². The number of carbonyl (C=O) groups is 3. The van der Waals surface area contributed by atoms with Crippen molar-refractivity contribution in [3.63, 3.8) is 0 Å². The first kappa shape index (κ1) is 19.5. The van der Waals surface area contributed by atoms with Gasteiger partial charge >= 0.3 is 0 Å². The van der Waals surface area contributed by atoms with E-state index in [0.29, 0.717) is 11.9 Å². The number of benzene rings is 2. The van der Waals surface area contributed by atoms with E-state index in [2.05, 4.69) is 21.2 Å². The first-order valence-corrected chi connectivity index (χ1v) is 11.3. The monoisotopic (exact) mass is 467 g/mol. The highest BCUT2D eigenvalue weighted by molar-refractivity contribution is 9.09. The van der Waals surface area contributed by atoms with Crippen LogP contribution in [0.2, 0.25) is 0 Å². The van der Waals surface area contributed by atoms with Crippen molar-refractivity contribution in [3.8, 4) is 0 Å². The van der Waals surface area contributed by atoms with Crippen molar-refractivity contribution < 1.29 is 14.4 Å². The highest BCUT2D eigenvalue weighted by Gasteiger charge is 2.70. The lowest BCUT2D eigenvalue weighted by molar-refractivity contribution is -0.143. The second-order valence-electron chi connectivity index (χ2n) is 8.16. The third kappa shape index (κ3) is 2.48.